The van der Waals surface area contributed by atoms with Crippen LogP contribution >= 0.6 is 11.6 Å². The summed E-state index contributed by atoms with van der Waals surface area (Å²) in [6, 6.07) is 15.8. The lowest BCUT2D eigenvalue weighted by Gasteiger charge is -2.29. The highest BCUT2D eigenvalue weighted by Crippen LogP contribution is 2.32. The van der Waals surface area contributed by atoms with Gasteiger partial charge in [0.05, 0.1) is 12.1 Å². The van der Waals surface area contributed by atoms with Gasteiger partial charge in [-0.2, -0.15) is 4.98 Å². The molecular weight excluding hydrogens is 348 g/mol. The molecule has 0 bridgehead atoms. The molecule has 0 fully saturated rings. The quantitative estimate of drug-likeness (QED) is 0.706. The van der Waals surface area contributed by atoms with Crippen LogP contribution in [-0.2, 0) is 6.42 Å². The molecule has 132 valence electrons. The first-order valence-electron chi connectivity index (χ1n) is 8.53. The first-order valence-corrected chi connectivity index (χ1v) is 8.91. The Labute approximate surface area is 157 Å². The molecule has 0 unspecified atom stereocenters. The number of fused-ring (bicyclic) bond motifs is 1. The maximum Gasteiger partial charge on any atom is 0.231 e. The van der Waals surface area contributed by atoms with Crippen LogP contribution in [-0.4, -0.2) is 23.6 Å². The van der Waals surface area contributed by atoms with Gasteiger partial charge in [0.2, 0.25) is 5.95 Å². The summed E-state index contributed by atoms with van der Waals surface area (Å²) < 4.78 is 5.19. The summed E-state index contributed by atoms with van der Waals surface area (Å²) in [5, 5.41) is 3.83. The highest BCUT2D eigenvalue weighted by molar-refractivity contribution is 6.32. The van der Waals surface area contributed by atoms with Crippen molar-refractivity contribution in [3.05, 3.63) is 65.3 Å². The van der Waals surface area contributed by atoms with Crippen molar-refractivity contribution in [2.75, 3.05) is 23.9 Å². The Morgan fingerprint density at radius 1 is 1.15 bits per heavy atom. The number of nitrogens with one attached hydrogen (secondary N) is 1. The third-order valence-electron chi connectivity index (χ3n) is 4.42. The lowest BCUT2D eigenvalue weighted by Crippen LogP contribution is -2.26. The van der Waals surface area contributed by atoms with Crippen LogP contribution in [0.5, 0.6) is 5.75 Å². The fraction of sp³-hybridized carbons (Fsp3) is 0.200. The fourth-order valence-corrected chi connectivity index (χ4v) is 3.44. The number of methoxy groups -OCH3 is 1. The maximum absolute atomic E-state index is 6.20. The van der Waals surface area contributed by atoms with Gasteiger partial charge in [0.15, 0.2) is 0 Å². The van der Waals surface area contributed by atoms with Crippen molar-refractivity contribution in [2.45, 2.75) is 12.8 Å². The Hall–Kier alpha value is -2.79. The van der Waals surface area contributed by atoms with Gasteiger partial charge in [0.1, 0.15) is 11.6 Å². The molecule has 2 aromatic carbocycles. The third kappa shape index (κ3) is 3.30. The molecule has 0 spiro atoms. The number of hydrogen-bond acceptors (Lipinski definition) is 5. The van der Waals surface area contributed by atoms with Gasteiger partial charge in [-0.05, 0) is 48.7 Å². The number of anilines is 4. The second-order valence-electron chi connectivity index (χ2n) is 6.10. The van der Waals surface area contributed by atoms with E-state index in [1.807, 2.05) is 24.3 Å². The summed E-state index contributed by atoms with van der Waals surface area (Å²) >= 11 is 6.20. The van der Waals surface area contributed by atoms with Crippen LogP contribution in [0.15, 0.2) is 54.7 Å². The van der Waals surface area contributed by atoms with E-state index in [2.05, 4.69) is 39.5 Å². The van der Waals surface area contributed by atoms with Crippen LogP contribution in [0.3, 0.4) is 0 Å². The standard InChI is InChI=1S/C20H19ClN4O/c1-26-18-9-8-15(13-16(18)21)23-19-10-11-22-20(24-19)25-12-4-6-14-5-2-3-7-17(14)25/h2-3,5,7-11,13H,4,6,12H2,1H3,(H,22,23,24). The molecule has 2 heterocycles. The molecule has 0 atom stereocenters. The summed E-state index contributed by atoms with van der Waals surface area (Å²) in [5.74, 6) is 2.06. The minimum Gasteiger partial charge on any atom is -0.495 e. The minimum absolute atomic E-state index is 0.553. The molecule has 3 aromatic rings. The summed E-state index contributed by atoms with van der Waals surface area (Å²) in [4.78, 5) is 11.3. The van der Waals surface area contributed by atoms with Gasteiger partial charge in [0, 0.05) is 24.1 Å². The molecule has 0 saturated carbocycles. The molecule has 0 amide bonds. The molecule has 1 N–H and O–H groups in total. The molecule has 0 saturated heterocycles. The number of hydrogen-bond donors (Lipinski definition) is 1. The molecular formula is C20H19ClN4O. The Morgan fingerprint density at radius 2 is 2.04 bits per heavy atom. The van der Waals surface area contributed by atoms with Crippen molar-refractivity contribution in [2.24, 2.45) is 0 Å². The van der Waals surface area contributed by atoms with E-state index in [1.54, 1.807) is 13.3 Å². The number of aromatic nitrogens is 2. The molecule has 5 nitrogen and oxygen atoms in total. The lowest BCUT2D eigenvalue weighted by molar-refractivity contribution is 0.415. The van der Waals surface area contributed by atoms with Crippen LogP contribution in [0.25, 0.3) is 0 Å². The van der Waals surface area contributed by atoms with E-state index in [4.69, 9.17) is 21.3 Å². The number of ether oxygens (including phenoxy) is 1. The van der Waals surface area contributed by atoms with E-state index in [1.165, 1.54) is 11.3 Å². The second kappa shape index (κ2) is 7.22. The van der Waals surface area contributed by atoms with Crippen LogP contribution in [0, 0.1) is 0 Å². The number of benzene rings is 2. The van der Waals surface area contributed by atoms with E-state index in [-0.39, 0.29) is 0 Å². The summed E-state index contributed by atoms with van der Waals surface area (Å²) in [5.41, 5.74) is 3.37. The van der Waals surface area contributed by atoms with Crippen LogP contribution in [0.4, 0.5) is 23.1 Å². The van der Waals surface area contributed by atoms with Crippen molar-refractivity contribution < 1.29 is 4.74 Å². The predicted molar refractivity (Wildman–Crippen MR) is 105 cm³/mol. The molecule has 1 aliphatic rings. The zero-order valence-electron chi connectivity index (χ0n) is 14.4. The smallest absolute Gasteiger partial charge is 0.231 e. The van der Waals surface area contributed by atoms with Crippen molar-refractivity contribution in [1.82, 2.24) is 9.97 Å². The Morgan fingerprint density at radius 3 is 2.88 bits per heavy atom. The highest BCUT2D eigenvalue weighted by Gasteiger charge is 2.19. The van der Waals surface area contributed by atoms with E-state index in [0.29, 0.717) is 16.7 Å². The number of para-hydroxylation sites is 1. The highest BCUT2D eigenvalue weighted by atomic mass is 35.5. The average molecular weight is 367 g/mol. The van der Waals surface area contributed by atoms with Crippen LogP contribution in [0.1, 0.15) is 12.0 Å². The monoisotopic (exact) mass is 366 g/mol. The van der Waals surface area contributed by atoms with Crippen molar-refractivity contribution in [3.63, 3.8) is 0 Å². The minimum atomic E-state index is 0.553. The molecule has 1 aromatic heterocycles. The molecule has 0 aliphatic carbocycles. The van der Waals surface area contributed by atoms with E-state index in [0.717, 1.165) is 30.9 Å². The molecule has 26 heavy (non-hydrogen) atoms. The molecule has 6 heteroatoms. The van der Waals surface area contributed by atoms with Gasteiger partial charge >= 0.3 is 0 Å². The fourth-order valence-electron chi connectivity index (χ4n) is 3.18. The predicted octanol–water partition coefficient (Wildman–Crippen LogP) is 4.97. The Bertz CT molecular complexity index is 931. The number of aryl methyl sites for hydroxylation is 1. The van der Waals surface area contributed by atoms with Gasteiger partial charge in [0.25, 0.3) is 0 Å². The van der Waals surface area contributed by atoms with Gasteiger partial charge in [-0.25, -0.2) is 4.98 Å². The second-order valence-corrected chi connectivity index (χ2v) is 6.51. The van der Waals surface area contributed by atoms with Crippen molar-refractivity contribution >= 4 is 34.7 Å². The molecule has 1 aliphatic heterocycles. The Balaban J connectivity index is 1.61. The van der Waals surface area contributed by atoms with Gasteiger partial charge < -0.3 is 15.0 Å². The zero-order chi connectivity index (χ0) is 17.9. The van der Waals surface area contributed by atoms with E-state index >= 15 is 0 Å². The third-order valence-corrected chi connectivity index (χ3v) is 4.71. The SMILES string of the molecule is COc1ccc(Nc2ccnc(N3CCCc4ccccc43)n2)cc1Cl. The molecule has 0 radical (unpaired) electrons. The van der Waals surface area contributed by atoms with Crippen molar-refractivity contribution in [3.8, 4) is 5.75 Å². The van der Waals surface area contributed by atoms with Gasteiger partial charge in [-0.3, -0.25) is 0 Å². The van der Waals surface area contributed by atoms with E-state index in [9.17, 15) is 0 Å². The van der Waals surface area contributed by atoms with Gasteiger partial charge in [-0.1, -0.05) is 29.8 Å². The summed E-state index contributed by atoms with van der Waals surface area (Å²) in [6.45, 7) is 0.912. The summed E-state index contributed by atoms with van der Waals surface area (Å²) in [7, 11) is 1.60. The number of halogens is 1. The zero-order valence-corrected chi connectivity index (χ0v) is 15.2. The molecule has 4 rings (SSSR count). The Kier molecular flexibility index (Phi) is 4.63. The van der Waals surface area contributed by atoms with E-state index < -0.39 is 0 Å². The topological polar surface area (TPSA) is 50.3 Å². The van der Waals surface area contributed by atoms with Crippen LogP contribution in [0.2, 0.25) is 5.02 Å². The lowest BCUT2D eigenvalue weighted by atomic mass is 10.0. The van der Waals surface area contributed by atoms with Crippen molar-refractivity contribution in [1.29, 1.82) is 0 Å². The maximum atomic E-state index is 6.20. The van der Waals surface area contributed by atoms with Crippen LogP contribution < -0.4 is 15.0 Å². The number of nitrogens with zero attached hydrogens (tertiary/aromatic N) is 3. The number of rotatable bonds is 4. The normalized spacial score (nSPS) is 13.2. The first kappa shape index (κ1) is 16.7. The summed E-state index contributed by atoms with van der Waals surface area (Å²) in [6.07, 6.45) is 3.95. The largest absolute Gasteiger partial charge is 0.495 e. The average Bonchev–Trinajstić information content (AvgIpc) is 2.68. The first-order chi connectivity index (χ1) is 12.7. The van der Waals surface area contributed by atoms with Gasteiger partial charge in [-0.15, -0.1) is 0 Å².